The Morgan fingerprint density at radius 3 is 2.33 bits per heavy atom. The number of nitrogens with zero attached hydrogens (tertiary/aromatic N) is 3. The molecule has 4 rings (SSSR count). The van der Waals surface area contributed by atoms with Crippen LogP contribution < -0.4 is 15.5 Å². The molecule has 3 heterocycles. The van der Waals surface area contributed by atoms with Gasteiger partial charge in [0, 0.05) is 37.9 Å². The molecule has 1 aromatic carbocycles. The maximum atomic E-state index is 13.1. The van der Waals surface area contributed by atoms with Crippen molar-refractivity contribution in [3.63, 3.8) is 0 Å². The van der Waals surface area contributed by atoms with E-state index in [-0.39, 0.29) is 11.8 Å². The average molecular weight is 450 g/mol. The first-order valence-corrected chi connectivity index (χ1v) is 11.6. The summed E-state index contributed by atoms with van der Waals surface area (Å²) < 4.78 is 0. The summed E-state index contributed by atoms with van der Waals surface area (Å²) in [6.07, 6.45) is 4.12. The molecular weight excluding hydrogens is 418 g/mol. The smallest absolute Gasteiger partial charge is 0.322 e. The second-order valence-electron chi connectivity index (χ2n) is 8.76. The molecule has 2 N–H and O–H groups in total. The van der Waals surface area contributed by atoms with Gasteiger partial charge >= 0.3 is 6.03 Å². The van der Waals surface area contributed by atoms with Crippen molar-refractivity contribution in [1.29, 1.82) is 0 Å². The van der Waals surface area contributed by atoms with Gasteiger partial charge < -0.3 is 15.1 Å². The first kappa shape index (κ1) is 22.8. The van der Waals surface area contributed by atoms with Gasteiger partial charge in [-0.2, -0.15) is 0 Å². The highest BCUT2D eigenvalue weighted by Gasteiger charge is 2.46. The predicted molar refractivity (Wildman–Crippen MR) is 126 cm³/mol. The van der Waals surface area contributed by atoms with Crippen LogP contribution in [0, 0.1) is 6.92 Å². The Kier molecular flexibility index (Phi) is 6.35. The van der Waals surface area contributed by atoms with Crippen LogP contribution in [-0.2, 0) is 16.8 Å². The van der Waals surface area contributed by atoms with Crippen LogP contribution >= 0.6 is 0 Å². The fourth-order valence-electron chi connectivity index (χ4n) is 4.74. The molecule has 2 aliphatic heterocycles. The molecule has 1 aromatic heterocycles. The Hall–Kier alpha value is -3.42. The summed E-state index contributed by atoms with van der Waals surface area (Å²) in [7, 11) is 0. The topological polar surface area (TPSA) is 94.6 Å². The minimum Gasteiger partial charge on any atom is -0.353 e. The summed E-state index contributed by atoms with van der Waals surface area (Å²) in [5, 5.41) is 5.11. The molecule has 33 heavy (non-hydrogen) atoms. The number of rotatable bonds is 6. The summed E-state index contributed by atoms with van der Waals surface area (Å²) >= 11 is 0. The van der Waals surface area contributed by atoms with E-state index in [1.165, 1.54) is 5.56 Å². The van der Waals surface area contributed by atoms with E-state index >= 15 is 0 Å². The van der Waals surface area contributed by atoms with Crippen molar-refractivity contribution in [1.82, 2.24) is 20.5 Å². The van der Waals surface area contributed by atoms with Crippen LogP contribution in [0.3, 0.4) is 0 Å². The molecule has 2 saturated heterocycles. The largest absolute Gasteiger partial charge is 0.353 e. The summed E-state index contributed by atoms with van der Waals surface area (Å²) in [5.41, 5.74) is 2.57. The van der Waals surface area contributed by atoms with Crippen LogP contribution in [0.1, 0.15) is 53.7 Å². The molecule has 1 unspecified atom stereocenters. The van der Waals surface area contributed by atoms with E-state index in [1.807, 2.05) is 18.0 Å². The highest BCUT2D eigenvalue weighted by atomic mass is 16.2. The summed E-state index contributed by atoms with van der Waals surface area (Å²) in [6, 6.07) is 8.72. The van der Waals surface area contributed by atoms with Gasteiger partial charge in [-0.1, -0.05) is 38.5 Å². The number of anilines is 1. The minimum atomic E-state index is -1.07. The fraction of sp³-hybridized carbons (Fsp3) is 0.440. The molecule has 8 heteroatoms. The molecule has 8 nitrogen and oxygen atoms in total. The van der Waals surface area contributed by atoms with E-state index in [9.17, 15) is 14.4 Å². The van der Waals surface area contributed by atoms with Crippen molar-refractivity contribution < 1.29 is 14.4 Å². The molecule has 1 atom stereocenters. The van der Waals surface area contributed by atoms with Gasteiger partial charge in [-0.3, -0.25) is 14.9 Å². The van der Waals surface area contributed by atoms with Gasteiger partial charge in [0.25, 0.3) is 11.8 Å². The molecule has 0 aliphatic carbocycles. The quantitative estimate of drug-likeness (QED) is 0.662. The van der Waals surface area contributed by atoms with Crippen molar-refractivity contribution in [2.24, 2.45) is 0 Å². The van der Waals surface area contributed by atoms with E-state index in [1.54, 1.807) is 24.3 Å². The van der Waals surface area contributed by atoms with Gasteiger partial charge in [-0.25, -0.2) is 9.78 Å². The lowest BCUT2D eigenvalue weighted by Gasteiger charge is -2.36. The normalized spacial score (nSPS) is 20.6. The van der Waals surface area contributed by atoms with Crippen molar-refractivity contribution in [3.8, 4) is 0 Å². The van der Waals surface area contributed by atoms with Gasteiger partial charge in [0.05, 0.1) is 0 Å². The first-order valence-electron chi connectivity index (χ1n) is 11.6. The van der Waals surface area contributed by atoms with E-state index in [2.05, 4.69) is 40.4 Å². The number of nitrogens with one attached hydrogen (secondary N) is 2. The van der Waals surface area contributed by atoms with Gasteiger partial charge in [0.2, 0.25) is 0 Å². The van der Waals surface area contributed by atoms with Crippen molar-refractivity contribution in [2.75, 3.05) is 31.1 Å². The Bertz CT molecular complexity index is 1060. The van der Waals surface area contributed by atoms with Crippen LogP contribution in [0.2, 0.25) is 0 Å². The number of pyridine rings is 1. The third-order valence-corrected chi connectivity index (χ3v) is 6.57. The standard InChI is InChI=1S/C25H31N5O3/c1-4-10-25(23(32)27-24(33)28-25)20-8-6-19(7-9-20)22(31)30-13-11-29(12-14-30)21-17(3)15-18(5-2)16-26-21/h6-9,15-16H,4-5,10-14H2,1-3H3,(H2,27,28,32,33). The third-order valence-electron chi connectivity index (χ3n) is 6.57. The number of hydrogen-bond donors (Lipinski definition) is 2. The van der Waals surface area contributed by atoms with E-state index in [0.717, 1.165) is 37.3 Å². The van der Waals surface area contributed by atoms with E-state index in [4.69, 9.17) is 0 Å². The number of carbonyl (C=O) groups is 3. The van der Waals surface area contributed by atoms with Crippen molar-refractivity contribution >= 4 is 23.7 Å². The Balaban J connectivity index is 1.43. The number of piperazine rings is 1. The molecule has 4 amide bonds. The van der Waals surface area contributed by atoms with Gasteiger partial charge in [-0.15, -0.1) is 0 Å². The lowest BCUT2D eigenvalue weighted by Crippen LogP contribution is -2.49. The van der Waals surface area contributed by atoms with E-state index < -0.39 is 11.6 Å². The Morgan fingerprint density at radius 1 is 1.09 bits per heavy atom. The highest BCUT2D eigenvalue weighted by Crippen LogP contribution is 2.30. The van der Waals surface area contributed by atoms with Crippen molar-refractivity contribution in [2.45, 2.75) is 45.6 Å². The fourth-order valence-corrected chi connectivity index (χ4v) is 4.74. The van der Waals surface area contributed by atoms with Crippen LogP contribution in [0.25, 0.3) is 0 Å². The van der Waals surface area contributed by atoms with Crippen LogP contribution in [0.5, 0.6) is 0 Å². The second-order valence-corrected chi connectivity index (χ2v) is 8.76. The minimum absolute atomic E-state index is 0.0309. The molecular formula is C25H31N5O3. The first-order chi connectivity index (χ1) is 15.9. The lowest BCUT2D eigenvalue weighted by atomic mass is 9.85. The highest BCUT2D eigenvalue weighted by molar-refractivity contribution is 6.07. The molecule has 2 aromatic rings. The molecule has 0 radical (unpaired) electrons. The molecule has 2 aliphatic rings. The summed E-state index contributed by atoms with van der Waals surface area (Å²) in [6.45, 7) is 8.87. The average Bonchev–Trinajstić information content (AvgIpc) is 3.12. The van der Waals surface area contributed by atoms with Gasteiger partial charge in [0.15, 0.2) is 0 Å². The molecule has 0 spiro atoms. The predicted octanol–water partition coefficient (Wildman–Crippen LogP) is 2.75. The number of carbonyl (C=O) groups excluding carboxylic acids is 3. The number of urea groups is 1. The maximum absolute atomic E-state index is 13.1. The molecule has 0 saturated carbocycles. The van der Waals surface area contributed by atoms with Crippen LogP contribution in [0.4, 0.5) is 10.6 Å². The SMILES string of the molecule is CCCC1(c2ccc(C(=O)N3CCN(c4ncc(CC)cc4C)CC3)cc2)NC(=O)NC1=O. The third kappa shape index (κ3) is 4.29. The second kappa shape index (κ2) is 9.21. The van der Waals surface area contributed by atoms with Gasteiger partial charge in [0.1, 0.15) is 11.4 Å². The molecule has 2 fully saturated rings. The number of aromatic nitrogens is 1. The van der Waals surface area contributed by atoms with Crippen molar-refractivity contribution in [3.05, 3.63) is 58.8 Å². The summed E-state index contributed by atoms with van der Waals surface area (Å²) in [5.74, 6) is 0.610. The molecule has 174 valence electrons. The lowest BCUT2D eigenvalue weighted by molar-refractivity contribution is -0.124. The zero-order chi connectivity index (χ0) is 23.6. The summed E-state index contributed by atoms with van der Waals surface area (Å²) in [4.78, 5) is 46.1. The maximum Gasteiger partial charge on any atom is 0.322 e. The molecule has 0 bridgehead atoms. The zero-order valence-electron chi connectivity index (χ0n) is 19.5. The van der Waals surface area contributed by atoms with Crippen LogP contribution in [-0.4, -0.2) is 53.9 Å². The van der Waals surface area contributed by atoms with Gasteiger partial charge in [-0.05, 0) is 48.6 Å². The zero-order valence-corrected chi connectivity index (χ0v) is 19.5. The number of imide groups is 1. The number of benzene rings is 1. The van der Waals surface area contributed by atoms with E-state index in [0.29, 0.717) is 30.6 Å². The number of hydrogen-bond acceptors (Lipinski definition) is 5. The Morgan fingerprint density at radius 2 is 1.79 bits per heavy atom. The monoisotopic (exact) mass is 449 g/mol. The van der Waals surface area contributed by atoms with Crippen LogP contribution in [0.15, 0.2) is 36.5 Å². The number of aryl methyl sites for hydroxylation is 2. The Labute approximate surface area is 194 Å². The number of amides is 4.